The number of sulfone groups is 1. The number of rotatable bonds is 4. The van der Waals surface area contributed by atoms with E-state index in [0.717, 1.165) is 50.2 Å². The lowest BCUT2D eigenvalue weighted by Gasteiger charge is -2.32. The summed E-state index contributed by atoms with van der Waals surface area (Å²) in [6, 6.07) is 7.25. The van der Waals surface area contributed by atoms with Crippen LogP contribution in [0, 0.1) is 0 Å². The Morgan fingerprint density at radius 3 is 2.29 bits per heavy atom. The van der Waals surface area contributed by atoms with Gasteiger partial charge in [-0.1, -0.05) is 11.6 Å². The number of alkyl halides is 3. The van der Waals surface area contributed by atoms with Gasteiger partial charge >= 0.3 is 6.18 Å². The molecule has 2 aliphatic rings. The lowest BCUT2D eigenvalue weighted by atomic mass is 10.1. The van der Waals surface area contributed by atoms with Crippen LogP contribution in [0.5, 0.6) is 0 Å². The molecule has 0 unspecified atom stereocenters. The molecule has 4 rings (SSSR count). The fourth-order valence-electron chi connectivity index (χ4n) is 3.74. The molecule has 1 N–H and O–H groups in total. The largest absolute Gasteiger partial charge is 0.417 e. The predicted molar refractivity (Wildman–Crippen MR) is 113 cm³/mol. The van der Waals surface area contributed by atoms with Gasteiger partial charge in [0.05, 0.1) is 31.8 Å². The topological polar surface area (TPSA) is 65.0 Å². The number of nitrogens with one attached hydrogen (secondary N) is 1. The Hall–Kier alpha value is -2.46. The number of hydrogen-bond donors (Lipinski definition) is 1. The van der Waals surface area contributed by atoms with Crippen molar-refractivity contribution in [1.29, 1.82) is 0 Å². The number of halogens is 4. The number of anilines is 2. The van der Waals surface area contributed by atoms with Crippen LogP contribution in [0.15, 0.2) is 51.3 Å². The van der Waals surface area contributed by atoms with Crippen LogP contribution < -0.4 is 15.2 Å². The highest BCUT2D eigenvalue weighted by Crippen LogP contribution is 2.39. The van der Waals surface area contributed by atoms with Crippen molar-refractivity contribution in [3.63, 3.8) is 0 Å². The van der Waals surface area contributed by atoms with Crippen molar-refractivity contribution in [2.45, 2.75) is 35.2 Å². The molecule has 2 aromatic rings. The molecule has 1 saturated heterocycles. The maximum absolute atomic E-state index is 13.2. The van der Waals surface area contributed by atoms with Gasteiger partial charge in [-0.3, -0.25) is 5.43 Å². The average Bonchev–Trinajstić information content (AvgIpc) is 3.28. The molecule has 2 aliphatic heterocycles. The second kappa shape index (κ2) is 8.23. The van der Waals surface area contributed by atoms with E-state index in [1.807, 2.05) is 4.90 Å². The van der Waals surface area contributed by atoms with Crippen LogP contribution >= 0.6 is 11.6 Å². The van der Waals surface area contributed by atoms with E-state index >= 15 is 0 Å². The monoisotopic (exact) mass is 472 g/mol. The molecule has 0 bridgehead atoms. The standard InChI is InChI=1S/C20H20ClF3N4O2S/c21-17-6-4-14(10-16(17)20(22,23)24)31(29,30)15-5-7-18(28-12-25-26-13-28)19(11-15)27-8-2-1-3-9-27/h4-7,10-12,26H,1-3,8-9,13H2. The van der Waals surface area contributed by atoms with E-state index in [9.17, 15) is 21.6 Å². The summed E-state index contributed by atoms with van der Waals surface area (Å²) >= 11 is 5.65. The minimum Gasteiger partial charge on any atom is -0.370 e. The lowest BCUT2D eigenvalue weighted by molar-refractivity contribution is -0.137. The Balaban J connectivity index is 1.79. The van der Waals surface area contributed by atoms with Crippen molar-refractivity contribution in [2.75, 3.05) is 29.6 Å². The van der Waals surface area contributed by atoms with Gasteiger partial charge in [0.15, 0.2) is 0 Å². The first-order chi connectivity index (χ1) is 14.7. The number of hydrazone groups is 1. The van der Waals surface area contributed by atoms with Gasteiger partial charge in [-0.25, -0.2) is 8.42 Å². The summed E-state index contributed by atoms with van der Waals surface area (Å²) in [6.07, 6.45) is -0.0788. The maximum Gasteiger partial charge on any atom is 0.417 e. The lowest BCUT2D eigenvalue weighted by Crippen LogP contribution is -2.32. The van der Waals surface area contributed by atoms with E-state index in [4.69, 9.17) is 11.6 Å². The van der Waals surface area contributed by atoms with Crippen LogP contribution in [0.4, 0.5) is 24.5 Å². The van der Waals surface area contributed by atoms with Gasteiger partial charge in [0.1, 0.15) is 13.0 Å². The van der Waals surface area contributed by atoms with Gasteiger partial charge < -0.3 is 9.80 Å². The Bertz CT molecular complexity index is 1120. The molecule has 0 aromatic heterocycles. The number of nitrogens with zero attached hydrogens (tertiary/aromatic N) is 3. The summed E-state index contributed by atoms with van der Waals surface area (Å²) in [4.78, 5) is 3.43. The summed E-state index contributed by atoms with van der Waals surface area (Å²) in [5.74, 6) is 0. The zero-order chi connectivity index (χ0) is 22.2. The summed E-state index contributed by atoms with van der Waals surface area (Å²) < 4.78 is 66.1. The van der Waals surface area contributed by atoms with E-state index in [1.165, 1.54) is 12.1 Å². The first-order valence-electron chi connectivity index (χ1n) is 9.71. The van der Waals surface area contributed by atoms with Crippen molar-refractivity contribution >= 4 is 39.2 Å². The minimum atomic E-state index is -4.76. The third-order valence-corrected chi connectivity index (χ3v) is 7.43. The second-order valence-corrected chi connectivity index (χ2v) is 9.73. The van der Waals surface area contributed by atoms with E-state index in [1.54, 1.807) is 12.4 Å². The molecule has 0 aliphatic carbocycles. The van der Waals surface area contributed by atoms with Gasteiger partial charge in [0.2, 0.25) is 9.84 Å². The summed E-state index contributed by atoms with van der Waals surface area (Å²) in [6.45, 7) is 1.99. The van der Waals surface area contributed by atoms with Gasteiger partial charge in [0.25, 0.3) is 0 Å². The Morgan fingerprint density at radius 1 is 0.968 bits per heavy atom. The van der Waals surface area contributed by atoms with Crippen LogP contribution in [0.25, 0.3) is 0 Å². The summed E-state index contributed by atoms with van der Waals surface area (Å²) in [5.41, 5.74) is 3.15. The number of hydrogen-bond acceptors (Lipinski definition) is 6. The van der Waals surface area contributed by atoms with Crippen molar-refractivity contribution in [1.82, 2.24) is 5.43 Å². The molecular formula is C20H20ClF3N4O2S. The maximum atomic E-state index is 13.2. The SMILES string of the molecule is O=S(=O)(c1ccc(N2C=NNC2)c(N2CCCCC2)c1)c1ccc(Cl)c(C(F)(F)F)c1. The number of benzene rings is 2. The molecular weight excluding hydrogens is 453 g/mol. The molecule has 0 amide bonds. The highest BCUT2D eigenvalue weighted by Gasteiger charge is 2.35. The third-order valence-electron chi connectivity index (χ3n) is 5.35. The van der Waals surface area contributed by atoms with Crippen LogP contribution in [0.3, 0.4) is 0 Å². The zero-order valence-corrected chi connectivity index (χ0v) is 17.9. The van der Waals surface area contributed by atoms with Crippen LogP contribution in [0.2, 0.25) is 5.02 Å². The van der Waals surface area contributed by atoms with E-state index in [-0.39, 0.29) is 4.90 Å². The third kappa shape index (κ3) is 4.31. The van der Waals surface area contributed by atoms with Crippen LogP contribution in [-0.2, 0) is 16.0 Å². The Kier molecular flexibility index (Phi) is 5.78. The molecule has 11 heteroatoms. The highest BCUT2D eigenvalue weighted by atomic mass is 35.5. The molecule has 1 fully saturated rings. The van der Waals surface area contributed by atoms with Gasteiger partial charge in [-0.15, -0.1) is 0 Å². The second-order valence-electron chi connectivity index (χ2n) is 7.37. The molecule has 0 spiro atoms. The van der Waals surface area contributed by atoms with Crippen molar-refractivity contribution < 1.29 is 21.6 Å². The number of piperidine rings is 1. The zero-order valence-electron chi connectivity index (χ0n) is 16.4. The molecule has 0 radical (unpaired) electrons. The molecule has 31 heavy (non-hydrogen) atoms. The molecule has 166 valence electrons. The first-order valence-corrected chi connectivity index (χ1v) is 11.6. The van der Waals surface area contributed by atoms with E-state index < -0.39 is 31.5 Å². The van der Waals surface area contributed by atoms with Gasteiger partial charge in [0, 0.05) is 13.1 Å². The fourth-order valence-corrected chi connectivity index (χ4v) is 5.27. The summed E-state index contributed by atoms with van der Waals surface area (Å²) in [7, 11) is -4.19. The van der Waals surface area contributed by atoms with Crippen LogP contribution in [0.1, 0.15) is 24.8 Å². The smallest absolute Gasteiger partial charge is 0.370 e. The van der Waals surface area contributed by atoms with Crippen molar-refractivity contribution in [3.05, 3.63) is 47.0 Å². The molecule has 0 saturated carbocycles. The summed E-state index contributed by atoms with van der Waals surface area (Å²) in [5, 5.41) is 3.44. The molecule has 2 aromatic carbocycles. The van der Waals surface area contributed by atoms with Crippen LogP contribution in [-0.4, -0.2) is 34.5 Å². The Morgan fingerprint density at radius 2 is 1.65 bits per heavy atom. The fraction of sp³-hybridized carbons (Fsp3) is 0.350. The predicted octanol–water partition coefficient (Wildman–Crippen LogP) is 4.49. The molecule has 0 atom stereocenters. The highest BCUT2D eigenvalue weighted by molar-refractivity contribution is 7.91. The normalized spacial score (nSPS) is 17.2. The quantitative estimate of drug-likeness (QED) is 0.710. The average molecular weight is 473 g/mol. The molecule has 6 nitrogen and oxygen atoms in total. The van der Waals surface area contributed by atoms with E-state index in [2.05, 4.69) is 15.4 Å². The van der Waals surface area contributed by atoms with E-state index in [0.29, 0.717) is 18.4 Å². The van der Waals surface area contributed by atoms with Crippen molar-refractivity contribution in [3.8, 4) is 0 Å². The van der Waals surface area contributed by atoms with Crippen molar-refractivity contribution in [2.24, 2.45) is 5.10 Å². The minimum absolute atomic E-state index is 0.0728. The van der Waals surface area contributed by atoms with Gasteiger partial charge in [-0.2, -0.15) is 18.3 Å². The Labute approximate surface area is 183 Å². The van der Waals surface area contributed by atoms with Gasteiger partial charge in [-0.05, 0) is 55.7 Å². The first kappa shape index (κ1) is 21.8. The molecule has 2 heterocycles.